The highest BCUT2D eigenvalue weighted by Gasteiger charge is 2.36. The summed E-state index contributed by atoms with van der Waals surface area (Å²) in [5.74, 6) is -0.801. The molecule has 0 radical (unpaired) electrons. The number of benzene rings is 1. The van der Waals surface area contributed by atoms with Crippen LogP contribution in [-0.2, 0) is 9.53 Å². The van der Waals surface area contributed by atoms with E-state index < -0.39 is 12.0 Å². The van der Waals surface area contributed by atoms with Crippen molar-refractivity contribution in [3.8, 4) is 11.1 Å². The van der Waals surface area contributed by atoms with Gasteiger partial charge in [0.1, 0.15) is 0 Å². The van der Waals surface area contributed by atoms with Gasteiger partial charge in [0.25, 0.3) is 0 Å². The molecule has 2 aliphatic rings. The van der Waals surface area contributed by atoms with Crippen molar-refractivity contribution in [2.75, 3.05) is 16.3 Å². The van der Waals surface area contributed by atoms with E-state index in [9.17, 15) is 14.4 Å². The highest BCUT2D eigenvalue weighted by molar-refractivity contribution is 6.08. The Balaban J connectivity index is 1.88. The molecule has 0 spiro atoms. The smallest absolute Gasteiger partial charge is 0.414 e. The van der Waals surface area contributed by atoms with E-state index >= 15 is 0 Å². The summed E-state index contributed by atoms with van der Waals surface area (Å²) in [4.78, 5) is 40.7. The monoisotopic (exact) mass is 425 g/mol. The number of amides is 3. The highest BCUT2D eigenvalue weighted by Crippen LogP contribution is 2.42. The Kier molecular flexibility index (Phi) is 5.20. The van der Waals surface area contributed by atoms with Crippen LogP contribution in [-0.4, -0.2) is 46.4 Å². The van der Waals surface area contributed by atoms with Crippen molar-refractivity contribution in [2.24, 2.45) is 5.73 Å². The van der Waals surface area contributed by atoms with Crippen molar-refractivity contribution in [3.63, 3.8) is 0 Å². The molecule has 164 valence electrons. The van der Waals surface area contributed by atoms with Crippen LogP contribution in [0.15, 0.2) is 24.5 Å². The summed E-state index contributed by atoms with van der Waals surface area (Å²) < 4.78 is 7.32. The van der Waals surface area contributed by atoms with E-state index in [-0.39, 0.29) is 30.2 Å². The zero-order chi connectivity index (χ0) is 22.4. The first-order chi connectivity index (χ1) is 14.7. The van der Waals surface area contributed by atoms with E-state index in [0.717, 1.165) is 18.4 Å². The topological polar surface area (TPSA) is 111 Å². The number of rotatable bonds is 4. The van der Waals surface area contributed by atoms with Crippen molar-refractivity contribution < 1.29 is 19.1 Å². The zero-order valence-electron chi connectivity index (χ0n) is 18.2. The number of primary amides is 1. The summed E-state index contributed by atoms with van der Waals surface area (Å²) in [5, 5.41) is 4.41. The minimum Gasteiger partial charge on any atom is -0.446 e. The summed E-state index contributed by atoms with van der Waals surface area (Å²) in [6, 6.07) is 3.41. The Hall–Kier alpha value is -3.36. The van der Waals surface area contributed by atoms with Gasteiger partial charge in [-0.15, -0.1) is 0 Å². The maximum Gasteiger partial charge on any atom is 0.414 e. The minimum absolute atomic E-state index is 0.185. The summed E-state index contributed by atoms with van der Waals surface area (Å²) in [5.41, 5.74) is 8.23. The molecule has 1 aromatic heterocycles. The van der Waals surface area contributed by atoms with Crippen LogP contribution >= 0.6 is 0 Å². The van der Waals surface area contributed by atoms with Gasteiger partial charge < -0.3 is 15.4 Å². The molecule has 2 heterocycles. The minimum atomic E-state index is -0.616. The predicted octanol–water partition coefficient (Wildman–Crippen LogP) is 3.09. The fourth-order valence-electron chi connectivity index (χ4n) is 4.04. The van der Waals surface area contributed by atoms with Crippen LogP contribution in [0.2, 0.25) is 0 Å². The van der Waals surface area contributed by atoms with Crippen LogP contribution in [0.1, 0.15) is 56.9 Å². The van der Waals surface area contributed by atoms with Crippen LogP contribution in [0.25, 0.3) is 11.1 Å². The summed E-state index contributed by atoms with van der Waals surface area (Å²) in [6.45, 7) is 7.14. The molecule has 1 aromatic carbocycles. The third-order valence-corrected chi connectivity index (χ3v) is 5.55. The van der Waals surface area contributed by atoms with E-state index in [0.29, 0.717) is 23.0 Å². The second-order valence-electron chi connectivity index (χ2n) is 8.47. The fraction of sp³-hybridized carbons (Fsp3) is 0.455. The van der Waals surface area contributed by atoms with Crippen LogP contribution in [0.4, 0.5) is 16.2 Å². The van der Waals surface area contributed by atoms with Gasteiger partial charge in [-0.05, 0) is 51.3 Å². The second kappa shape index (κ2) is 7.72. The number of hydrogen-bond donors (Lipinski definition) is 1. The lowest BCUT2D eigenvalue weighted by Gasteiger charge is -2.40. The molecule has 1 saturated carbocycles. The molecule has 3 amide bonds. The van der Waals surface area contributed by atoms with Crippen molar-refractivity contribution in [1.82, 2.24) is 9.78 Å². The van der Waals surface area contributed by atoms with Gasteiger partial charge in [-0.1, -0.05) is 0 Å². The van der Waals surface area contributed by atoms with Gasteiger partial charge in [0.2, 0.25) is 11.8 Å². The Morgan fingerprint density at radius 1 is 1.19 bits per heavy atom. The Morgan fingerprint density at radius 2 is 1.90 bits per heavy atom. The lowest BCUT2D eigenvalue weighted by atomic mass is 9.96. The number of hydrogen-bond acceptors (Lipinski definition) is 5. The fourth-order valence-corrected chi connectivity index (χ4v) is 4.04. The van der Waals surface area contributed by atoms with Crippen LogP contribution < -0.4 is 15.5 Å². The van der Waals surface area contributed by atoms with E-state index in [2.05, 4.69) is 5.10 Å². The Morgan fingerprint density at radius 3 is 2.48 bits per heavy atom. The van der Waals surface area contributed by atoms with Crippen molar-refractivity contribution in [2.45, 2.75) is 58.7 Å². The van der Waals surface area contributed by atoms with E-state index in [1.807, 2.05) is 17.8 Å². The molecule has 1 aliphatic carbocycles. The number of aromatic nitrogens is 2. The standard InChI is InChI=1S/C22H27N5O4/c1-12(2)31-22(30)25-10-13(3)27(14(4)28)20-8-18(21(23)29)17(7-19(20)25)15-9-24-26(11-15)16-5-6-16/h7-9,11-13,16H,5-6,10H2,1-4H3,(H2,23,29)/t13-/m0/s1. The molecule has 9 heteroatoms. The lowest BCUT2D eigenvalue weighted by molar-refractivity contribution is -0.117. The zero-order valence-corrected chi connectivity index (χ0v) is 18.2. The molecule has 2 aromatic rings. The first-order valence-corrected chi connectivity index (χ1v) is 10.5. The number of carbonyl (C=O) groups is 3. The molecule has 31 heavy (non-hydrogen) atoms. The van der Waals surface area contributed by atoms with E-state index in [1.54, 1.807) is 37.1 Å². The molecule has 1 fully saturated rings. The molecule has 0 unspecified atom stereocenters. The number of carbonyl (C=O) groups excluding carboxylic acids is 3. The predicted molar refractivity (Wildman–Crippen MR) is 116 cm³/mol. The lowest BCUT2D eigenvalue weighted by Crippen LogP contribution is -2.52. The Bertz CT molecular complexity index is 1060. The second-order valence-corrected chi connectivity index (χ2v) is 8.47. The number of anilines is 2. The SMILES string of the molecule is CC(=O)N1c2cc(C(N)=O)c(-c3cnn(C4CC4)c3)cc2N(C(=O)OC(C)C)C[C@@H]1C. The maximum absolute atomic E-state index is 12.9. The van der Waals surface area contributed by atoms with Crippen LogP contribution in [0.5, 0.6) is 0 Å². The third-order valence-electron chi connectivity index (χ3n) is 5.55. The van der Waals surface area contributed by atoms with Gasteiger partial charge >= 0.3 is 6.09 Å². The van der Waals surface area contributed by atoms with E-state index in [1.165, 1.54) is 11.8 Å². The summed E-state index contributed by atoms with van der Waals surface area (Å²) in [6.07, 6.45) is 4.94. The molecule has 2 N–H and O–H groups in total. The van der Waals surface area contributed by atoms with Gasteiger partial charge in [-0.25, -0.2) is 4.79 Å². The van der Waals surface area contributed by atoms with Gasteiger partial charge in [-0.3, -0.25) is 19.2 Å². The maximum atomic E-state index is 12.9. The van der Waals surface area contributed by atoms with Crippen molar-refractivity contribution in [3.05, 3.63) is 30.1 Å². The van der Waals surface area contributed by atoms with Gasteiger partial charge in [0, 0.05) is 30.8 Å². The molecular weight excluding hydrogens is 398 g/mol. The number of nitrogens with zero attached hydrogens (tertiary/aromatic N) is 4. The van der Waals surface area contributed by atoms with Crippen molar-refractivity contribution >= 4 is 29.3 Å². The molecule has 9 nitrogen and oxygen atoms in total. The first kappa shape index (κ1) is 20.9. The quantitative estimate of drug-likeness (QED) is 0.809. The molecule has 0 bridgehead atoms. The average Bonchev–Trinajstić information content (AvgIpc) is 3.42. The van der Waals surface area contributed by atoms with E-state index in [4.69, 9.17) is 10.5 Å². The third kappa shape index (κ3) is 3.87. The van der Waals surface area contributed by atoms with Gasteiger partial charge in [0.15, 0.2) is 0 Å². The number of nitrogens with two attached hydrogens (primary N) is 1. The molecular formula is C22H27N5O4. The largest absolute Gasteiger partial charge is 0.446 e. The summed E-state index contributed by atoms with van der Waals surface area (Å²) in [7, 11) is 0. The van der Waals surface area contributed by atoms with Gasteiger partial charge in [-0.2, -0.15) is 5.10 Å². The molecule has 1 aliphatic heterocycles. The molecule has 4 rings (SSSR count). The normalized spacial score (nSPS) is 18.2. The van der Waals surface area contributed by atoms with Crippen LogP contribution in [0, 0.1) is 0 Å². The number of fused-ring (bicyclic) bond motifs is 1. The highest BCUT2D eigenvalue weighted by atomic mass is 16.6. The van der Waals surface area contributed by atoms with Gasteiger partial charge in [0.05, 0.1) is 35.8 Å². The van der Waals surface area contributed by atoms with Crippen molar-refractivity contribution in [1.29, 1.82) is 0 Å². The average molecular weight is 425 g/mol. The summed E-state index contributed by atoms with van der Waals surface area (Å²) >= 11 is 0. The molecule has 1 atom stereocenters. The first-order valence-electron chi connectivity index (χ1n) is 10.5. The van der Waals surface area contributed by atoms with Crippen LogP contribution in [0.3, 0.4) is 0 Å². The Labute approximate surface area is 180 Å². The number of ether oxygens (including phenoxy) is 1. The molecule has 0 saturated heterocycles.